The van der Waals surface area contributed by atoms with Crippen molar-refractivity contribution in [3.63, 3.8) is 0 Å². The quantitative estimate of drug-likeness (QED) is 0.457. The summed E-state index contributed by atoms with van der Waals surface area (Å²) in [5, 5.41) is 17.7. The molecule has 0 saturated carbocycles. The highest BCUT2D eigenvalue weighted by molar-refractivity contribution is 5.89. The Morgan fingerprint density at radius 2 is 2.18 bits per heavy atom. The maximum atomic E-state index is 10.7. The Labute approximate surface area is 96.7 Å². The summed E-state index contributed by atoms with van der Waals surface area (Å²) in [7, 11) is 0. The monoisotopic (exact) mass is 241 g/mol. The molecular weight excluding hydrogens is 230 g/mol. The predicted octanol–water partition coefficient (Wildman–Crippen LogP) is 1.28. The molecule has 17 heavy (non-hydrogen) atoms. The number of carbonyl (C=O) groups is 1. The standard InChI is InChI=1S/C10H11NO6/c1-7-6-8(2-3-9(7)10(12)13)16-4-5-17-11(14)15/h2-3,6H,4-5H2,1H3,(H,12,13). The number of hydrogen-bond donors (Lipinski definition) is 1. The summed E-state index contributed by atoms with van der Waals surface area (Å²) in [6, 6.07) is 4.46. The van der Waals surface area contributed by atoms with Gasteiger partial charge in [-0.15, -0.1) is 10.1 Å². The van der Waals surface area contributed by atoms with Gasteiger partial charge in [-0.3, -0.25) is 0 Å². The minimum atomic E-state index is -1.01. The van der Waals surface area contributed by atoms with Gasteiger partial charge in [0.25, 0.3) is 5.09 Å². The van der Waals surface area contributed by atoms with Gasteiger partial charge in [0, 0.05) is 0 Å². The Balaban J connectivity index is 2.53. The normalized spacial score (nSPS) is 9.71. The molecule has 0 unspecified atom stereocenters. The third-order valence-electron chi connectivity index (χ3n) is 1.98. The van der Waals surface area contributed by atoms with Gasteiger partial charge in [0.1, 0.15) is 19.0 Å². The molecule has 92 valence electrons. The van der Waals surface area contributed by atoms with E-state index in [1.807, 2.05) is 0 Å². The van der Waals surface area contributed by atoms with Gasteiger partial charge in [-0.05, 0) is 30.7 Å². The minimum Gasteiger partial charge on any atom is -0.492 e. The lowest BCUT2D eigenvalue weighted by molar-refractivity contribution is -0.757. The topological polar surface area (TPSA) is 98.9 Å². The average Bonchev–Trinajstić information content (AvgIpc) is 2.23. The molecule has 0 bridgehead atoms. The summed E-state index contributed by atoms with van der Waals surface area (Å²) in [4.78, 5) is 24.6. The molecule has 0 fully saturated rings. The van der Waals surface area contributed by atoms with Crippen molar-refractivity contribution >= 4 is 5.97 Å². The smallest absolute Gasteiger partial charge is 0.335 e. The molecule has 0 aliphatic carbocycles. The number of nitrogens with zero attached hydrogens (tertiary/aromatic N) is 1. The summed E-state index contributed by atoms with van der Waals surface area (Å²) in [6.45, 7) is 1.49. The molecule has 0 heterocycles. The van der Waals surface area contributed by atoms with Gasteiger partial charge >= 0.3 is 5.97 Å². The summed E-state index contributed by atoms with van der Waals surface area (Å²) in [5.74, 6) is -0.565. The van der Waals surface area contributed by atoms with Crippen molar-refractivity contribution in [3.05, 3.63) is 39.4 Å². The van der Waals surface area contributed by atoms with Gasteiger partial charge < -0.3 is 14.7 Å². The zero-order valence-electron chi connectivity index (χ0n) is 9.08. The number of aryl methyl sites for hydroxylation is 1. The van der Waals surface area contributed by atoms with Crippen LogP contribution in [0.5, 0.6) is 5.75 Å². The van der Waals surface area contributed by atoms with Gasteiger partial charge in [-0.1, -0.05) is 0 Å². The molecule has 0 aromatic heterocycles. The van der Waals surface area contributed by atoms with E-state index in [0.29, 0.717) is 11.3 Å². The van der Waals surface area contributed by atoms with Gasteiger partial charge in [-0.2, -0.15) is 0 Å². The molecule has 0 aliphatic rings. The zero-order chi connectivity index (χ0) is 12.8. The van der Waals surface area contributed by atoms with E-state index in [4.69, 9.17) is 9.84 Å². The zero-order valence-corrected chi connectivity index (χ0v) is 9.08. The van der Waals surface area contributed by atoms with E-state index in [2.05, 4.69) is 4.84 Å². The van der Waals surface area contributed by atoms with Crippen molar-refractivity contribution in [1.82, 2.24) is 0 Å². The summed E-state index contributed by atoms with van der Waals surface area (Å²) < 4.78 is 5.15. The number of ether oxygens (including phenoxy) is 1. The highest BCUT2D eigenvalue weighted by Gasteiger charge is 2.07. The SMILES string of the molecule is Cc1cc(OCCO[N+](=O)[O-])ccc1C(=O)O. The van der Waals surface area contributed by atoms with Crippen LogP contribution in [0.3, 0.4) is 0 Å². The third kappa shape index (κ3) is 3.98. The molecule has 0 radical (unpaired) electrons. The Kier molecular flexibility index (Phi) is 4.27. The van der Waals surface area contributed by atoms with Crippen LogP contribution >= 0.6 is 0 Å². The van der Waals surface area contributed by atoms with Crippen LogP contribution in [0.15, 0.2) is 18.2 Å². The van der Waals surface area contributed by atoms with E-state index in [-0.39, 0.29) is 18.8 Å². The van der Waals surface area contributed by atoms with Crippen LogP contribution < -0.4 is 4.74 Å². The third-order valence-corrected chi connectivity index (χ3v) is 1.98. The van der Waals surface area contributed by atoms with Gasteiger partial charge in [0.05, 0.1) is 5.56 Å². The van der Waals surface area contributed by atoms with Crippen molar-refractivity contribution in [1.29, 1.82) is 0 Å². The van der Waals surface area contributed by atoms with Crippen molar-refractivity contribution < 1.29 is 24.6 Å². The van der Waals surface area contributed by atoms with Crippen LogP contribution in [0.2, 0.25) is 0 Å². The van der Waals surface area contributed by atoms with Crippen molar-refractivity contribution in [2.75, 3.05) is 13.2 Å². The van der Waals surface area contributed by atoms with Crippen LogP contribution in [0.1, 0.15) is 15.9 Å². The molecule has 1 rings (SSSR count). The second-order valence-electron chi connectivity index (χ2n) is 3.19. The van der Waals surface area contributed by atoms with Crippen LogP contribution in [-0.2, 0) is 4.84 Å². The fourth-order valence-corrected chi connectivity index (χ4v) is 1.24. The van der Waals surface area contributed by atoms with E-state index >= 15 is 0 Å². The second kappa shape index (κ2) is 5.69. The predicted molar refractivity (Wildman–Crippen MR) is 56.6 cm³/mol. The van der Waals surface area contributed by atoms with Gasteiger partial charge in [-0.25, -0.2) is 4.79 Å². The number of carboxylic acids is 1. The van der Waals surface area contributed by atoms with Crippen LogP contribution in [-0.4, -0.2) is 29.4 Å². The molecule has 7 nitrogen and oxygen atoms in total. The fourth-order valence-electron chi connectivity index (χ4n) is 1.24. The first kappa shape index (κ1) is 12.8. The minimum absolute atomic E-state index is 0.0207. The molecule has 1 aromatic carbocycles. The largest absolute Gasteiger partial charge is 0.492 e. The molecule has 0 saturated heterocycles. The van der Waals surface area contributed by atoms with Crippen molar-refractivity contribution in [2.24, 2.45) is 0 Å². The number of carboxylic acid groups (broad SMARTS) is 1. The first-order valence-electron chi connectivity index (χ1n) is 4.74. The maximum absolute atomic E-state index is 10.7. The first-order chi connectivity index (χ1) is 8.00. The van der Waals surface area contributed by atoms with Crippen molar-refractivity contribution in [2.45, 2.75) is 6.92 Å². The molecule has 7 heteroatoms. The average molecular weight is 241 g/mol. The lowest BCUT2D eigenvalue weighted by Gasteiger charge is -2.07. The Hall–Kier alpha value is -2.31. The van der Waals surface area contributed by atoms with Crippen LogP contribution in [0, 0.1) is 17.0 Å². The molecule has 0 spiro atoms. The molecular formula is C10H11NO6. The molecule has 0 atom stereocenters. The fraction of sp³-hybridized carbons (Fsp3) is 0.300. The van der Waals surface area contributed by atoms with Crippen molar-refractivity contribution in [3.8, 4) is 5.75 Å². The Bertz CT molecular complexity index is 431. The molecule has 0 amide bonds. The van der Waals surface area contributed by atoms with E-state index < -0.39 is 11.1 Å². The number of rotatable bonds is 6. The number of aromatic carboxylic acids is 1. The van der Waals surface area contributed by atoms with E-state index in [1.54, 1.807) is 13.0 Å². The lowest BCUT2D eigenvalue weighted by Crippen LogP contribution is -2.10. The summed E-state index contributed by atoms with van der Waals surface area (Å²) >= 11 is 0. The van der Waals surface area contributed by atoms with Gasteiger partial charge in [0.2, 0.25) is 0 Å². The molecule has 0 aliphatic heterocycles. The number of hydrogen-bond acceptors (Lipinski definition) is 5. The maximum Gasteiger partial charge on any atom is 0.335 e. The summed E-state index contributed by atoms with van der Waals surface area (Å²) in [5.41, 5.74) is 0.754. The number of benzene rings is 1. The Morgan fingerprint density at radius 1 is 1.47 bits per heavy atom. The lowest BCUT2D eigenvalue weighted by atomic mass is 10.1. The molecule has 1 N–H and O–H groups in total. The first-order valence-corrected chi connectivity index (χ1v) is 4.74. The highest BCUT2D eigenvalue weighted by atomic mass is 17.0. The van der Waals surface area contributed by atoms with E-state index in [1.165, 1.54) is 12.1 Å². The van der Waals surface area contributed by atoms with Crippen LogP contribution in [0.4, 0.5) is 0 Å². The molecule has 1 aromatic rings. The van der Waals surface area contributed by atoms with Crippen LogP contribution in [0.25, 0.3) is 0 Å². The summed E-state index contributed by atoms with van der Waals surface area (Å²) in [6.07, 6.45) is 0. The second-order valence-corrected chi connectivity index (χ2v) is 3.19. The Morgan fingerprint density at radius 3 is 2.71 bits per heavy atom. The van der Waals surface area contributed by atoms with E-state index in [0.717, 1.165) is 0 Å². The van der Waals surface area contributed by atoms with E-state index in [9.17, 15) is 14.9 Å². The van der Waals surface area contributed by atoms with Gasteiger partial charge in [0.15, 0.2) is 0 Å². The highest BCUT2D eigenvalue weighted by Crippen LogP contribution is 2.17.